The molecule has 92 valence electrons. The standard InChI is InChI=1S/C13H18N2O2/c1-3-16-13(17-4-2)10-15-12-8-6-5-7-11(12)9-14/h5-8,13,15H,3-4,10H2,1-2H3. The summed E-state index contributed by atoms with van der Waals surface area (Å²) in [5, 5.41) is 12.1. The molecule has 0 aliphatic rings. The number of anilines is 1. The molecule has 0 aliphatic carbocycles. The molecule has 4 heteroatoms. The monoisotopic (exact) mass is 234 g/mol. The molecule has 0 saturated heterocycles. The van der Waals surface area contributed by atoms with Crippen molar-refractivity contribution in [3.05, 3.63) is 29.8 Å². The lowest BCUT2D eigenvalue weighted by molar-refractivity contribution is -0.126. The third kappa shape index (κ3) is 4.43. The topological polar surface area (TPSA) is 54.3 Å². The Morgan fingerprint density at radius 2 is 1.88 bits per heavy atom. The first-order valence-corrected chi connectivity index (χ1v) is 5.78. The van der Waals surface area contributed by atoms with E-state index in [0.29, 0.717) is 25.3 Å². The first-order valence-electron chi connectivity index (χ1n) is 5.78. The smallest absolute Gasteiger partial charge is 0.174 e. The molecule has 0 radical (unpaired) electrons. The van der Waals surface area contributed by atoms with Crippen LogP contribution in [0.3, 0.4) is 0 Å². The van der Waals surface area contributed by atoms with E-state index in [9.17, 15) is 0 Å². The zero-order chi connectivity index (χ0) is 12.5. The fourth-order valence-corrected chi connectivity index (χ4v) is 1.47. The quantitative estimate of drug-likeness (QED) is 0.736. The summed E-state index contributed by atoms with van der Waals surface area (Å²) < 4.78 is 10.8. The summed E-state index contributed by atoms with van der Waals surface area (Å²) in [7, 11) is 0. The van der Waals surface area contributed by atoms with Gasteiger partial charge in [-0.3, -0.25) is 0 Å². The summed E-state index contributed by atoms with van der Waals surface area (Å²) in [5.74, 6) is 0. The molecule has 0 bridgehead atoms. The molecule has 1 rings (SSSR count). The molecule has 1 aromatic rings. The maximum Gasteiger partial charge on any atom is 0.174 e. The molecule has 1 N–H and O–H groups in total. The highest BCUT2D eigenvalue weighted by Crippen LogP contribution is 2.13. The van der Waals surface area contributed by atoms with Gasteiger partial charge in [0, 0.05) is 13.2 Å². The van der Waals surface area contributed by atoms with Crippen LogP contribution < -0.4 is 5.32 Å². The van der Waals surface area contributed by atoms with Crippen molar-refractivity contribution < 1.29 is 9.47 Å². The van der Waals surface area contributed by atoms with E-state index >= 15 is 0 Å². The van der Waals surface area contributed by atoms with E-state index in [1.807, 2.05) is 32.0 Å². The van der Waals surface area contributed by atoms with E-state index < -0.39 is 0 Å². The van der Waals surface area contributed by atoms with E-state index in [0.717, 1.165) is 5.69 Å². The van der Waals surface area contributed by atoms with Crippen molar-refractivity contribution in [3.8, 4) is 6.07 Å². The van der Waals surface area contributed by atoms with Gasteiger partial charge in [0.1, 0.15) is 6.07 Å². The van der Waals surface area contributed by atoms with E-state index in [4.69, 9.17) is 14.7 Å². The molecule has 0 aromatic heterocycles. The highest BCUT2D eigenvalue weighted by molar-refractivity contribution is 5.57. The predicted octanol–water partition coefficient (Wildman–Crippen LogP) is 2.37. The van der Waals surface area contributed by atoms with Gasteiger partial charge >= 0.3 is 0 Å². The normalized spacial score (nSPS) is 10.2. The zero-order valence-electron chi connectivity index (χ0n) is 10.3. The van der Waals surface area contributed by atoms with Crippen LogP contribution in [0, 0.1) is 11.3 Å². The second kappa shape index (κ2) is 7.66. The fourth-order valence-electron chi connectivity index (χ4n) is 1.47. The van der Waals surface area contributed by atoms with Gasteiger partial charge in [-0.05, 0) is 26.0 Å². The lowest BCUT2D eigenvalue weighted by Crippen LogP contribution is -2.26. The van der Waals surface area contributed by atoms with Gasteiger partial charge < -0.3 is 14.8 Å². The number of para-hydroxylation sites is 1. The Morgan fingerprint density at radius 3 is 2.47 bits per heavy atom. The van der Waals surface area contributed by atoms with Crippen molar-refractivity contribution in [2.45, 2.75) is 20.1 Å². The average molecular weight is 234 g/mol. The fraction of sp³-hybridized carbons (Fsp3) is 0.462. The Bertz CT molecular complexity index is 368. The predicted molar refractivity (Wildman–Crippen MR) is 66.7 cm³/mol. The second-order valence-corrected chi connectivity index (χ2v) is 3.38. The van der Waals surface area contributed by atoms with Gasteiger partial charge in [-0.1, -0.05) is 12.1 Å². The number of benzene rings is 1. The van der Waals surface area contributed by atoms with Crippen LogP contribution in [0.2, 0.25) is 0 Å². The summed E-state index contributed by atoms with van der Waals surface area (Å²) in [5.41, 5.74) is 1.43. The molecule has 0 atom stereocenters. The second-order valence-electron chi connectivity index (χ2n) is 3.38. The maximum atomic E-state index is 8.94. The summed E-state index contributed by atoms with van der Waals surface area (Å²) in [4.78, 5) is 0. The SMILES string of the molecule is CCOC(CNc1ccccc1C#N)OCC. The van der Waals surface area contributed by atoms with Crippen molar-refractivity contribution in [2.24, 2.45) is 0 Å². The largest absolute Gasteiger partial charge is 0.379 e. The number of hydrogen-bond acceptors (Lipinski definition) is 4. The van der Waals surface area contributed by atoms with Crippen LogP contribution >= 0.6 is 0 Å². The minimum absolute atomic E-state index is 0.281. The molecule has 0 saturated carbocycles. The van der Waals surface area contributed by atoms with Crippen molar-refractivity contribution in [3.63, 3.8) is 0 Å². The van der Waals surface area contributed by atoms with Crippen LogP contribution in [0.15, 0.2) is 24.3 Å². The van der Waals surface area contributed by atoms with Crippen LogP contribution in [-0.4, -0.2) is 26.0 Å². The highest BCUT2D eigenvalue weighted by atomic mass is 16.7. The van der Waals surface area contributed by atoms with Gasteiger partial charge in [-0.25, -0.2) is 0 Å². The summed E-state index contributed by atoms with van der Waals surface area (Å²) in [6.07, 6.45) is -0.281. The zero-order valence-corrected chi connectivity index (χ0v) is 10.3. The number of rotatable bonds is 7. The van der Waals surface area contributed by atoms with Crippen LogP contribution in [0.4, 0.5) is 5.69 Å². The molecule has 0 unspecified atom stereocenters. The molecule has 17 heavy (non-hydrogen) atoms. The lowest BCUT2D eigenvalue weighted by atomic mass is 10.2. The molecule has 1 aromatic carbocycles. The number of ether oxygens (including phenoxy) is 2. The van der Waals surface area contributed by atoms with Gasteiger partial charge in [0.2, 0.25) is 0 Å². The van der Waals surface area contributed by atoms with Crippen molar-refractivity contribution in [2.75, 3.05) is 25.1 Å². The average Bonchev–Trinajstić information content (AvgIpc) is 2.37. The van der Waals surface area contributed by atoms with Gasteiger partial charge in [0.15, 0.2) is 6.29 Å². The van der Waals surface area contributed by atoms with Crippen molar-refractivity contribution >= 4 is 5.69 Å². The lowest BCUT2D eigenvalue weighted by Gasteiger charge is -2.18. The minimum Gasteiger partial charge on any atom is -0.379 e. The number of nitrogens with one attached hydrogen (secondary N) is 1. The molecule has 0 amide bonds. The molecule has 0 aliphatic heterocycles. The Morgan fingerprint density at radius 1 is 1.24 bits per heavy atom. The minimum atomic E-state index is -0.281. The third-order valence-corrected chi connectivity index (χ3v) is 2.21. The van der Waals surface area contributed by atoms with Crippen molar-refractivity contribution in [1.82, 2.24) is 0 Å². The Balaban J connectivity index is 2.56. The Hall–Kier alpha value is -1.57. The first kappa shape index (κ1) is 13.5. The van der Waals surface area contributed by atoms with Crippen LogP contribution in [0.5, 0.6) is 0 Å². The van der Waals surface area contributed by atoms with Crippen LogP contribution in [-0.2, 0) is 9.47 Å². The summed E-state index contributed by atoms with van der Waals surface area (Å²) in [6.45, 7) is 5.59. The molecular formula is C13H18N2O2. The van der Waals surface area contributed by atoms with E-state index in [1.54, 1.807) is 6.07 Å². The van der Waals surface area contributed by atoms with Gasteiger partial charge in [0.05, 0.1) is 17.8 Å². The van der Waals surface area contributed by atoms with E-state index in [-0.39, 0.29) is 6.29 Å². The Kier molecular flexibility index (Phi) is 6.08. The highest BCUT2D eigenvalue weighted by Gasteiger charge is 2.08. The van der Waals surface area contributed by atoms with Gasteiger partial charge in [-0.15, -0.1) is 0 Å². The molecule has 0 spiro atoms. The third-order valence-electron chi connectivity index (χ3n) is 2.21. The molecular weight excluding hydrogens is 216 g/mol. The summed E-state index contributed by atoms with van der Waals surface area (Å²) in [6, 6.07) is 9.51. The number of nitrogens with zero attached hydrogens (tertiary/aromatic N) is 1. The maximum absolute atomic E-state index is 8.94. The Labute approximate surface area is 102 Å². The van der Waals surface area contributed by atoms with Gasteiger partial charge in [0.25, 0.3) is 0 Å². The molecule has 4 nitrogen and oxygen atoms in total. The van der Waals surface area contributed by atoms with Gasteiger partial charge in [-0.2, -0.15) is 5.26 Å². The van der Waals surface area contributed by atoms with E-state index in [2.05, 4.69) is 11.4 Å². The van der Waals surface area contributed by atoms with Crippen LogP contribution in [0.1, 0.15) is 19.4 Å². The van der Waals surface area contributed by atoms with E-state index in [1.165, 1.54) is 0 Å². The molecule has 0 fully saturated rings. The number of hydrogen-bond donors (Lipinski definition) is 1. The van der Waals surface area contributed by atoms with Crippen molar-refractivity contribution in [1.29, 1.82) is 5.26 Å². The first-order chi connectivity index (χ1) is 8.31. The molecule has 0 heterocycles. The van der Waals surface area contributed by atoms with Crippen LogP contribution in [0.25, 0.3) is 0 Å². The number of nitriles is 1. The summed E-state index contributed by atoms with van der Waals surface area (Å²) >= 11 is 0.